The summed E-state index contributed by atoms with van der Waals surface area (Å²) in [5.74, 6) is 0. The molecule has 0 N–H and O–H groups in total. The van der Waals surface area contributed by atoms with Crippen LogP contribution in [0.25, 0.3) is 0 Å². The lowest BCUT2D eigenvalue weighted by Gasteiger charge is -2.20. The molecule has 0 saturated heterocycles. The van der Waals surface area contributed by atoms with E-state index in [9.17, 15) is 14.0 Å². The summed E-state index contributed by atoms with van der Waals surface area (Å²) in [6.07, 6.45) is -0.768. The third kappa shape index (κ3) is 4.42. The summed E-state index contributed by atoms with van der Waals surface area (Å²) in [6, 6.07) is 15.9. The Morgan fingerprint density at radius 1 is 0.952 bits per heavy atom. The van der Waals surface area contributed by atoms with Crippen LogP contribution in [0.4, 0.5) is 14.9 Å². The molecule has 0 radical (unpaired) electrons. The Balaban J connectivity index is 2.06. The molecule has 2 rings (SSSR count). The molecule has 0 aromatic heterocycles. The number of ether oxygens (including phenoxy) is 1. The zero-order chi connectivity index (χ0) is 15.1. The molecule has 21 heavy (non-hydrogen) atoms. The maximum atomic E-state index is 12.7. The van der Waals surface area contributed by atoms with Crippen LogP contribution in [-0.2, 0) is 16.1 Å². The summed E-state index contributed by atoms with van der Waals surface area (Å²) in [5.41, 5.74) is 1.21. The maximum absolute atomic E-state index is 12.7. The van der Waals surface area contributed by atoms with E-state index in [1.54, 1.807) is 42.5 Å². The minimum atomic E-state index is -1.60. The van der Waals surface area contributed by atoms with Gasteiger partial charge in [0.2, 0.25) is 0 Å². The first-order valence-electron chi connectivity index (χ1n) is 6.38. The number of benzene rings is 2. The second kappa shape index (κ2) is 7.19. The number of rotatable bonds is 5. The van der Waals surface area contributed by atoms with Crippen molar-refractivity contribution in [2.24, 2.45) is 0 Å². The van der Waals surface area contributed by atoms with Crippen LogP contribution in [0.5, 0.6) is 0 Å². The molecule has 1 amide bonds. The SMILES string of the molecule is O=C(F)CN(C(=O)OCc1ccccc1)c1ccccc1. The second-order valence-electron chi connectivity index (χ2n) is 4.32. The largest absolute Gasteiger partial charge is 0.444 e. The van der Waals surface area contributed by atoms with Crippen LogP contribution in [0.15, 0.2) is 60.7 Å². The average molecular weight is 287 g/mol. The van der Waals surface area contributed by atoms with E-state index in [2.05, 4.69) is 0 Å². The van der Waals surface area contributed by atoms with Crippen LogP contribution in [-0.4, -0.2) is 18.7 Å². The maximum Gasteiger partial charge on any atom is 0.415 e. The molecular formula is C16H14FNO3. The van der Waals surface area contributed by atoms with E-state index in [1.165, 1.54) is 0 Å². The molecule has 0 aliphatic rings. The Hall–Kier alpha value is -2.69. The van der Waals surface area contributed by atoms with Gasteiger partial charge in [-0.15, -0.1) is 0 Å². The van der Waals surface area contributed by atoms with E-state index in [-0.39, 0.29) is 6.61 Å². The highest BCUT2D eigenvalue weighted by molar-refractivity contribution is 5.93. The predicted octanol–water partition coefficient (Wildman–Crippen LogP) is 3.33. The first kappa shape index (κ1) is 14.7. The Morgan fingerprint density at radius 3 is 2.10 bits per heavy atom. The van der Waals surface area contributed by atoms with E-state index in [1.807, 2.05) is 18.2 Å². The third-order valence-electron chi connectivity index (χ3n) is 2.78. The summed E-state index contributed by atoms with van der Waals surface area (Å²) in [5, 5.41) is 0. The topological polar surface area (TPSA) is 46.6 Å². The second-order valence-corrected chi connectivity index (χ2v) is 4.32. The van der Waals surface area contributed by atoms with Crippen molar-refractivity contribution in [3.05, 3.63) is 66.2 Å². The fraction of sp³-hybridized carbons (Fsp3) is 0.125. The molecule has 108 valence electrons. The number of anilines is 1. The molecular weight excluding hydrogens is 273 g/mol. The van der Waals surface area contributed by atoms with Crippen LogP contribution in [0, 0.1) is 0 Å². The summed E-state index contributed by atoms with van der Waals surface area (Å²) in [6.45, 7) is -0.610. The molecule has 0 spiro atoms. The van der Waals surface area contributed by atoms with Crippen LogP contribution in [0.3, 0.4) is 0 Å². The molecule has 0 unspecified atom stereocenters. The molecule has 2 aromatic rings. The van der Waals surface area contributed by atoms with Crippen LogP contribution in [0.1, 0.15) is 5.56 Å². The van der Waals surface area contributed by atoms with Crippen molar-refractivity contribution < 1.29 is 18.7 Å². The third-order valence-corrected chi connectivity index (χ3v) is 2.78. The number of para-hydroxylation sites is 1. The van der Waals surface area contributed by atoms with Gasteiger partial charge in [-0.2, -0.15) is 4.39 Å². The zero-order valence-corrected chi connectivity index (χ0v) is 11.2. The molecule has 0 saturated carbocycles. The predicted molar refractivity (Wildman–Crippen MR) is 76.5 cm³/mol. The van der Waals surface area contributed by atoms with Crippen molar-refractivity contribution >= 4 is 17.8 Å². The molecule has 0 bridgehead atoms. The van der Waals surface area contributed by atoms with Crippen molar-refractivity contribution in [2.45, 2.75) is 6.61 Å². The summed E-state index contributed by atoms with van der Waals surface area (Å²) in [4.78, 5) is 23.7. The van der Waals surface area contributed by atoms with Crippen molar-refractivity contribution in [3.8, 4) is 0 Å². The number of nitrogens with zero attached hydrogens (tertiary/aromatic N) is 1. The Kier molecular flexibility index (Phi) is 5.04. The molecule has 0 heterocycles. The van der Waals surface area contributed by atoms with Crippen molar-refractivity contribution in [3.63, 3.8) is 0 Å². The first-order chi connectivity index (χ1) is 10.2. The lowest BCUT2D eigenvalue weighted by atomic mass is 10.2. The smallest absolute Gasteiger partial charge is 0.415 e. The average Bonchev–Trinajstić information content (AvgIpc) is 2.52. The zero-order valence-electron chi connectivity index (χ0n) is 11.2. The minimum absolute atomic E-state index is 0.0590. The molecule has 5 heteroatoms. The first-order valence-corrected chi connectivity index (χ1v) is 6.38. The van der Waals surface area contributed by atoms with E-state index in [4.69, 9.17) is 4.74 Å². The molecule has 0 fully saturated rings. The number of carbonyl (C=O) groups is 2. The summed E-state index contributed by atoms with van der Waals surface area (Å²) < 4.78 is 17.8. The molecule has 0 aliphatic carbocycles. The van der Waals surface area contributed by atoms with Gasteiger partial charge in [0.15, 0.2) is 0 Å². The highest BCUT2D eigenvalue weighted by Gasteiger charge is 2.20. The summed E-state index contributed by atoms with van der Waals surface area (Å²) >= 11 is 0. The van der Waals surface area contributed by atoms with Gasteiger partial charge in [-0.25, -0.2) is 4.79 Å². The monoisotopic (exact) mass is 287 g/mol. The van der Waals surface area contributed by atoms with Gasteiger partial charge in [0.1, 0.15) is 13.2 Å². The van der Waals surface area contributed by atoms with Gasteiger partial charge in [0.25, 0.3) is 0 Å². The van der Waals surface area contributed by atoms with E-state index < -0.39 is 18.7 Å². The van der Waals surface area contributed by atoms with Gasteiger partial charge in [0, 0.05) is 5.69 Å². The van der Waals surface area contributed by atoms with Crippen LogP contribution < -0.4 is 4.90 Å². The number of halogens is 1. The van der Waals surface area contributed by atoms with Gasteiger partial charge in [-0.3, -0.25) is 9.69 Å². The van der Waals surface area contributed by atoms with E-state index >= 15 is 0 Å². The van der Waals surface area contributed by atoms with Gasteiger partial charge >= 0.3 is 12.1 Å². The van der Waals surface area contributed by atoms with Crippen LogP contribution >= 0.6 is 0 Å². The standard InChI is InChI=1S/C16H14FNO3/c17-15(19)11-18(14-9-5-2-6-10-14)16(20)21-12-13-7-3-1-4-8-13/h1-10H,11-12H2. The molecule has 2 aromatic carbocycles. The molecule has 0 aliphatic heterocycles. The highest BCUT2D eigenvalue weighted by Crippen LogP contribution is 2.15. The lowest BCUT2D eigenvalue weighted by molar-refractivity contribution is -0.127. The number of hydrogen-bond donors (Lipinski definition) is 0. The van der Waals surface area contributed by atoms with Gasteiger partial charge < -0.3 is 4.74 Å². The molecule has 4 nitrogen and oxygen atoms in total. The summed E-state index contributed by atoms with van der Waals surface area (Å²) in [7, 11) is 0. The fourth-order valence-corrected chi connectivity index (χ4v) is 1.79. The van der Waals surface area contributed by atoms with E-state index in [0.29, 0.717) is 5.69 Å². The number of amides is 1. The van der Waals surface area contributed by atoms with Crippen molar-refractivity contribution in [1.29, 1.82) is 0 Å². The number of carbonyl (C=O) groups excluding carboxylic acids is 2. The van der Waals surface area contributed by atoms with Crippen LogP contribution in [0.2, 0.25) is 0 Å². The Labute approximate surface area is 121 Å². The van der Waals surface area contributed by atoms with Crippen molar-refractivity contribution in [1.82, 2.24) is 0 Å². The van der Waals surface area contributed by atoms with Gasteiger partial charge in [-0.05, 0) is 17.7 Å². The number of hydrogen-bond acceptors (Lipinski definition) is 3. The van der Waals surface area contributed by atoms with E-state index in [0.717, 1.165) is 10.5 Å². The normalized spacial score (nSPS) is 9.95. The highest BCUT2D eigenvalue weighted by atomic mass is 19.1. The quantitative estimate of drug-likeness (QED) is 0.792. The van der Waals surface area contributed by atoms with Crippen molar-refractivity contribution in [2.75, 3.05) is 11.4 Å². The molecule has 0 atom stereocenters. The fourth-order valence-electron chi connectivity index (χ4n) is 1.79. The Morgan fingerprint density at radius 2 is 1.52 bits per heavy atom. The lowest BCUT2D eigenvalue weighted by Crippen LogP contribution is -2.35. The minimum Gasteiger partial charge on any atom is -0.444 e. The Bertz CT molecular complexity index is 601. The van der Waals surface area contributed by atoms with Gasteiger partial charge in [0.05, 0.1) is 0 Å². The van der Waals surface area contributed by atoms with Gasteiger partial charge in [-0.1, -0.05) is 48.5 Å².